The van der Waals surface area contributed by atoms with Crippen LogP contribution < -0.4 is 27.4 Å². The lowest BCUT2D eigenvalue weighted by Crippen LogP contribution is -2.39. The number of carbonyl (C=O) groups is 2. The standard InChI is InChI=1S/C38H48F2N6O6/c1-19(47)44-11-22-12-46(35(48)52-22)21-8-27(39)30(28(40)9-21)20-5-6-29(45-10-20)31(38-18-51-15-26(38)34(38)43)23(37-17-50-14-25(37)33(37)42)4-2-3-7-36-16-49-13-24(36)32(36)41/h5-6,8-10,22-26,31-34H,2-4,7,11-18,41-43H2,1H3,(H,44,47)/t22-,23?,24?,25?,26?,31?,32?,33?,34?,36?,37?,38?/m0/s1. The van der Waals surface area contributed by atoms with Crippen LogP contribution >= 0.6 is 0 Å². The molecule has 14 heteroatoms. The Kier molecular flexibility index (Phi) is 8.22. The molecule has 1 aromatic heterocycles. The second kappa shape index (κ2) is 12.4. The van der Waals surface area contributed by atoms with Gasteiger partial charge in [-0.15, -0.1) is 0 Å². The summed E-state index contributed by atoms with van der Waals surface area (Å²) in [5.41, 5.74) is 20.7. The highest BCUT2D eigenvalue weighted by molar-refractivity contribution is 5.90. The predicted molar refractivity (Wildman–Crippen MR) is 185 cm³/mol. The SMILES string of the molecule is CC(=O)NC[C@H]1CN(c2cc(F)c(-c3ccc(C(C(CCCCC45COCC4C5N)C45COCC4C5N)C45COCC4C5N)nc3)c(F)c2)C(=O)O1. The number of nitrogens with one attached hydrogen (secondary N) is 1. The largest absolute Gasteiger partial charge is 0.442 e. The number of benzene rings is 1. The quantitative estimate of drug-likeness (QED) is 0.225. The van der Waals surface area contributed by atoms with Crippen LogP contribution in [0.1, 0.15) is 44.2 Å². The van der Waals surface area contributed by atoms with Crippen LogP contribution in [-0.2, 0) is 23.7 Å². The number of hydrogen-bond acceptors (Lipinski definition) is 10. The normalized spacial score (nSPS) is 39.1. The lowest BCUT2D eigenvalue weighted by molar-refractivity contribution is -0.119. The van der Waals surface area contributed by atoms with Crippen molar-refractivity contribution in [3.8, 4) is 11.1 Å². The van der Waals surface area contributed by atoms with Crippen molar-refractivity contribution < 1.29 is 37.3 Å². The minimum absolute atomic E-state index is 0.0264. The summed E-state index contributed by atoms with van der Waals surface area (Å²) >= 11 is 0. The molecule has 11 unspecified atom stereocenters. The Morgan fingerprint density at radius 1 is 0.962 bits per heavy atom. The van der Waals surface area contributed by atoms with Gasteiger partial charge in [0.05, 0.1) is 64.0 Å². The van der Waals surface area contributed by atoms with Crippen molar-refractivity contribution in [3.63, 3.8) is 0 Å². The van der Waals surface area contributed by atoms with Gasteiger partial charge in [0.2, 0.25) is 5.91 Å². The lowest BCUT2D eigenvalue weighted by Gasteiger charge is -2.38. The van der Waals surface area contributed by atoms with Crippen LogP contribution in [0.5, 0.6) is 0 Å². The smallest absolute Gasteiger partial charge is 0.414 e. The van der Waals surface area contributed by atoms with Crippen LogP contribution in [0.25, 0.3) is 11.1 Å². The summed E-state index contributed by atoms with van der Waals surface area (Å²) in [6, 6.07) is 6.06. The molecule has 2 aromatic rings. The number of hydrogen-bond donors (Lipinski definition) is 4. The maximum atomic E-state index is 15.7. The second-order valence-corrected chi connectivity index (χ2v) is 16.5. The van der Waals surface area contributed by atoms with Gasteiger partial charge < -0.3 is 41.5 Å². The lowest BCUT2D eigenvalue weighted by atomic mass is 9.66. The van der Waals surface area contributed by atoms with Crippen molar-refractivity contribution in [1.82, 2.24) is 10.3 Å². The molecule has 280 valence electrons. The third kappa shape index (κ3) is 5.08. The molecule has 0 radical (unpaired) electrons. The molecule has 0 bridgehead atoms. The zero-order chi connectivity index (χ0) is 36.2. The summed E-state index contributed by atoms with van der Waals surface area (Å²) in [6.07, 6.45) is 4.17. The van der Waals surface area contributed by atoms with E-state index in [0.717, 1.165) is 61.6 Å². The molecule has 9 rings (SSSR count). The van der Waals surface area contributed by atoms with Crippen LogP contribution in [0.15, 0.2) is 30.5 Å². The van der Waals surface area contributed by atoms with Gasteiger partial charge in [-0.25, -0.2) is 13.6 Å². The fourth-order valence-corrected chi connectivity index (χ4v) is 11.1. The van der Waals surface area contributed by atoms with E-state index in [0.29, 0.717) is 32.3 Å². The predicted octanol–water partition coefficient (Wildman–Crippen LogP) is 2.67. The third-order valence-corrected chi connectivity index (χ3v) is 14.2. The number of aromatic nitrogens is 1. The molecule has 7 fully saturated rings. The van der Waals surface area contributed by atoms with Crippen LogP contribution in [0.4, 0.5) is 19.3 Å². The van der Waals surface area contributed by atoms with Crippen molar-refractivity contribution in [1.29, 1.82) is 0 Å². The maximum absolute atomic E-state index is 15.7. The van der Waals surface area contributed by atoms with Crippen molar-refractivity contribution in [2.24, 2.45) is 57.1 Å². The summed E-state index contributed by atoms with van der Waals surface area (Å²) in [4.78, 5) is 29.9. The second-order valence-electron chi connectivity index (χ2n) is 16.5. The van der Waals surface area contributed by atoms with Crippen LogP contribution in [0, 0.1) is 51.6 Å². The molecular weight excluding hydrogens is 674 g/mol. The maximum Gasteiger partial charge on any atom is 0.414 e. The van der Waals surface area contributed by atoms with Gasteiger partial charge in [-0.1, -0.05) is 18.9 Å². The van der Waals surface area contributed by atoms with Gasteiger partial charge in [0.1, 0.15) is 17.7 Å². The molecule has 7 N–H and O–H groups in total. The first kappa shape index (κ1) is 34.5. The zero-order valence-corrected chi connectivity index (χ0v) is 29.4. The average Bonchev–Trinajstić information content (AvgIpc) is 3.66. The monoisotopic (exact) mass is 722 g/mol. The van der Waals surface area contributed by atoms with Crippen molar-refractivity contribution >= 4 is 17.7 Å². The summed E-state index contributed by atoms with van der Waals surface area (Å²) in [6.45, 7) is 5.39. The number of fused-ring (bicyclic) bond motifs is 3. The molecule has 5 heterocycles. The van der Waals surface area contributed by atoms with E-state index in [1.54, 1.807) is 6.07 Å². The summed E-state index contributed by atoms with van der Waals surface area (Å²) in [5.74, 6) is -0.935. The number of nitrogens with zero attached hydrogens (tertiary/aromatic N) is 2. The Morgan fingerprint density at radius 3 is 2.23 bits per heavy atom. The van der Waals surface area contributed by atoms with E-state index < -0.39 is 23.8 Å². The fourth-order valence-electron chi connectivity index (χ4n) is 11.1. The zero-order valence-electron chi connectivity index (χ0n) is 29.4. The Balaban J connectivity index is 0.989. The molecule has 2 amide bonds. The van der Waals surface area contributed by atoms with Gasteiger partial charge in [0.25, 0.3) is 0 Å². The number of cyclic esters (lactones) is 1. The Hall–Kier alpha value is -3.27. The first-order valence-corrected chi connectivity index (χ1v) is 18.7. The van der Waals surface area contributed by atoms with Crippen molar-refractivity contribution in [2.75, 3.05) is 57.6 Å². The number of halogens is 2. The number of pyridine rings is 1. The van der Waals surface area contributed by atoms with Crippen LogP contribution in [-0.4, -0.2) is 93.9 Å². The molecule has 4 aliphatic heterocycles. The number of anilines is 1. The first-order valence-electron chi connectivity index (χ1n) is 18.7. The topological polar surface area (TPSA) is 177 Å². The Labute approximate surface area is 301 Å². The minimum Gasteiger partial charge on any atom is -0.442 e. The molecule has 7 aliphatic rings. The number of nitrogens with two attached hydrogens (primary N) is 3. The third-order valence-electron chi connectivity index (χ3n) is 14.2. The van der Waals surface area contributed by atoms with E-state index >= 15 is 8.78 Å². The van der Waals surface area contributed by atoms with Gasteiger partial charge in [-0.05, 0) is 37.0 Å². The highest BCUT2D eigenvalue weighted by atomic mass is 19.1. The first-order chi connectivity index (χ1) is 25.0. The fraction of sp³-hybridized carbons (Fsp3) is 0.658. The molecule has 12 nitrogen and oxygen atoms in total. The molecule has 12 atom stereocenters. The summed E-state index contributed by atoms with van der Waals surface area (Å²) in [5, 5.41) is 2.59. The van der Waals surface area contributed by atoms with E-state index in [1.807, 2.05) is 6.07 Å². The van der Waals surface area contributed by atoms with Crippen LogP contribution in [0.2, 0.25) is 0 Å². The molecule has 0 spiro atoms. The summed E-state index contributed by atoms with van der Waals surface area (Å²) in [7, 11) is 0. The van der Waals surface area contributed by atoms with Gasteiger partial charge in [-0.3, -0.25) is 14.7 Å². The number of rotatable bonds is 13. The van der Waals surface area contributed by atoms with Gasteiger partial charge in [0, 0.05) is 82.4 Å². The number of ether oxygens (including phenoxy) is 4. The highest BCUT2D eigenvalue weighted by Crippen LogP contribution is 2.72. The summed E-state index contributed by atoms with van der Waals surface area (Å²) < 4.78 is 54.6. The number of carbonyl (C=O) groups excluding carboxylic acids is 2. The van der Waals surface area contributed by atoms with E-state index in [2.05, 4.69) is 5.32 Å². The average molecular weight is 723 g/mol. The van der Waals surface area contributed by atoms with E-state index in [1.165, 1.54) is 13.1 Å². The number of amides is 2. The van der Waals surface area contributed by atoms with Crippen LogP contribution in [0.3, 0.4) is 0 Å². The minimum atomic E-state index is -0.831. The molecule has 4 saturated heterocycles. The molecule has 3 aliphatic carbocycles. The van der Waals surface area contributed by atoms with Crippen molar-refractivity contribution in [2.45, 2.75) is 62.8 Å². The highest BCUT2D eigenvalue weighted by Gasteiger charge is 2.77. The van der Waals surface area contributed by atoms with E-state index in [4.69, 9.17) is 41.1 Å². The Bertz CT molecular complexity index is 1750. The molecule has 52 heavy (non-hydrogen) atoms. The Morgan fingerprint density at radius 2 is 1.63 bits per heavy atom. The molecular formula is C38H48F2N6O6. The molecule has 3 saturated carbocycles. The molecule has 1 aromatic carbocycles. The van der Waals surface area contributed by atoms with Crippen molar-refractivity contribution in [3.05, 3.63) is 47.8 Å². The van der Waals surface area contributed by atoms with E-state index in [9.17, 15) is 9.59 Å². The number of unbranched alkanes of at least 4 members (excludes halogenated alkanes) is 1. The van der Waals surface area contributed by atoms with Gasteiger partial charge >= 0.3 is 6.09 Å². The van der Waals surface area contributed by atoms with E-state index in [-0.39, 0.29) is 93.9 Å². The van der Waals surface area contributed by atoms with Gasteiger partial charge in [0.15, 0.2) is 0 Å². The van der Waals surface area contributed by atoms with Gasteiger partial charge in [-0.2, -0.15) is 0 Å².